The van der Waals surface area contributed by atoms with Crippen molar-refractivity contribution >= 4 is 0 Å². The molecule has 0 amide bonds. The molecule has 0 aliphatic carbocycles. The number of nitrogens with zero attached hydrogens (tertiary/aromatic N) is 2. The third kappa shape index (κ3) is 3.06. The number of hydrogen-bond acceptors (Lipinski definition) is 3. The summed E-state index contributed by atoms with van der Waals surface area (Å²) in [6, 6.07) is 3.10. The Bertz CT molecular complexity index is 242. The van der Waals surface area contributed by atoms with Crippen LogP contribution in [-0.4, -0.2) is 61.7 Å². The zero-order valence-electron chi connectivity index (χ0n) is 12.8. The molecule has 2 aliphatic heterocycles. The van der Waals surface area contributed by atoms with Crippen LogP contribution in [0.1, 0.15) is 39.5 Å². The molecule has 2 rings (SSSR count). The Balaban J connectivity index is 1.81. The van der Waals surface area contributed by atoms with Gasteiger partial charge in [-0.25, -0.2) is 0 Å². The minimum atomic E-state index is 0.655. The van der Waals surface area contributed by atoms with Crippen LogP contribution in [0.2, 0.25) is 0 Å². The number of rotatable bonds is 5. The van der Waals surface area contributed by atoms with E-state index in [-0.39, 0.29) is 0 Å². The SMILES string of the molecule is CC(C)C(CNC1CC2CCC(C1)N2C)N(C)C. The van der Waals surface area contributed by atoms with Gasteiger partial charge < -0.3 is 15.1 Å². The maximum atomic E-state index is 3.84. The van der Waals surface area contributed by atoms with Gasteiger partial charge in [-0.1, -0.05) is 13.8 Å². The first kappa shape index (κ1) is 14.3. The van der Waals surface area contributed by atoms with Gasteiger partial charge in [0.25, 0.3) is 0 Å². The first-order chi connectivity index (χ1) is 8.49. The number of nitrogens with one attached hydrogen (secondary N) is 1. The van der Waals surface area contributed by atoms with Gasteiger partial charge in [-0.15, -0.1) is 0 Å². The zero-order chi connectivity index (χ0) is 13.3. The van der Waals surface area contributed by atoms with Crippen LogP contribution in [0.4, 0.5) is 0 Å². The van der Waals surface area contributed by atoms with Crippen molar-refractivity contribution in [3.05, 3.63) is 0 Å². The molecule has 2 fully saturated rings. The van der Waals surface area contributed by atoms with Crippen LogP contribution < -0.4 is 5.32 Å². The summed E-state index contributed by atoms with van der Waals surface area (Å²) in [6.45, 7) is 5.79. The molecule has 3 nitrogen and oxygen atoms in total. The minimum Gasteiger partial charge on any atom is -0.312 e. The van der Waals surface area contributed by atoms with Crippen LogP contribution in [0.3, 0.4) is 0 Å². The molecule has 2 heterocycles. The van der Waals surface area contributed by atoms with Crippen molar-refractivity contribution < 1.29 is 0 Å². The fourth-order valence-electron chi connectivity index (χ4n) is 3.88. The van der Waals surface area contributed by atoms with Gasteiger partial charge in [0.2, 0.25) is 0 Å². The number of fused-ring (bicyclic) bond motifs is 2. The second-order valence-corrected chi connectivity index (χ2v) is 6.90. The van der Waals surface area contributed by atoms with Crippen molar-refractivity contribution in [1.29, 1.82) is 0 Å². The molecule has 0 spiro atoms. The first-order valence-corrected chi connectivity index (χ1v) is 7.60. The number of piperidine rings is 1. The van der Waals surface area contributed by atoms with Gasteiger partial charge in [-0.3, -0.25) is 0 Å². The molecule has 1 N–H and O–H groups in total. The van der Waals surface area contributed by atoms with Crippen molar-refractivity contribution in [2.75, 3.05) is 27.7 Å². The molecular weight excluding hydrogens is 222 g/mol. The van der Waals surface area contributed by atoms with E-state index >= 15 is 0 Å². The Morgan fingerprint density at radius 2 is 1.72 bits per heavy atom. The highest BCUT2D eigenvalue weighted by Gasteiger charge is 2.38. The van der Waals surface area contributed by atoms with Gasteiger partial charge in [0.15, 0.2) is 0 Å². The number of hydrogen-bond donors (Lipinski definition) is 1. The number of likely N-dealkylation sites (N-methyl/N-ethyl adjacent to an activating group) is 1. The highest BCUT2D eigenvalue weighted by atomic mass is 15.2. The molecule has 2 aliphatic rings. The quantitative estimate of drug-likeness (QED) is 0.806. The summed E-state index contributed by atoms with van der Waals surface area (Å²) in [5, 5.41) is 3.84. The molecule has 3 heteroatoms. The highest BCUT2D eigenvalue weighted by molar-refractivity contribution is 4.96. The molecule has 2 bridgehead atoms. The molecular formula is C15H31N3. The fourth-order valence-corrected chi connectivity index (χ4v) is 3.88. The molecule has 3 atom stereocenters. The van der Waals surface area contributed by atoms with E-state index in [9.17, 15) is 0 Å². The highest BCUT2D eigenvalue weighted by Crippen LogP contribution is 2.34. The van der Waals surface area contributed by atoms with Crippen molar-refractivity contribution in [2.24, 2.45) is 5.92 Å². The van der Waals surface area contributed by atoms with Crippen LogP contribution in [0, 0.1) is 5.92 Å². The monoisotopic (exact) mass is 253 g/mol. The standard InChI is InChI=1S/C15H31N3/c1-11(2)15(17(3)4)10-16-12-8-13-6-7-14(9-12)18(13)5/h11-16H,6-10H2,1-5H3. The van der Waals surface area contributed by atoms with E-state index in [1.165, 1.54) is 25.7 Å². The molecule has 18 heavy (non-hydrogen) atoms. The van der Waals surface area contributed by atoms with E-state index in [1.807, 2.05) is 0 Å². The third-order valence-corrected chi connectivity index (χ3v) is 5.15. The maximum Gasteiger partial charge on any atom is 0.0237 e. The second-order valence-electron chi connectivity index (χ2n) is 6.90. The van der Waals surface area contributed by atoms with Gasteiger partial charge in [-0.05, 0) is 52.7 Å². The average Bonchev–Trinajstić information content (AvgIpc) is 2.51. The topological polar surface area (TPSA) is 18.5 Å². The summed E-state index contributed by atoms with van der Waals surface area (Å²) in [4.78, 5) is 4.98. The summed E-state index contributed by atoms with van der Waals surface area (Å²) in [5.41, 5.74) is 0. The van der Waals surface area contributed by atoms with E-state index in [2.05, 4.69) is 50.1 Å². The Hall–Kier alpha value is -0.120. The summed E-state index contributed by atoms with van der Waals surface area (Å²) in [6.07, 6.45) is 5.54. The molecule has 0 saturated carbocycles. The van der Waals surface area contributed by atoms with Crippen molar-refractivity contribution in [3.8, 4) is 0 Å². The lowest BCUT2D eigenvalue weighted by molar-refractivity contribution is 0.139. The smallest absolute Gasteiger partial charge is 0.0237 e. The van der Waals surface area contributed by atoms with E-state index in [1.54, 1.807) is 0 Å². The maximum absolute atomic E-state index is 3.84. The molecule has 3 unspecified atom stereocenters. The van der Waals surface area contributed by atoms with Crippen LogP contribution in [-0.2, 0) is 0 Å². The minimum absolute atomic E-state index is 0.655. The normalized spacial score (nSPS) is 34.5. The van der Waals surface area contributed by atoms with Gasteiger partial charge in [-0.2, -0.15) is 0 Å². The molecule has 0 aromatic rings. The molecule has 0 aromatic carbocycles. The third-order valence-electron chi connectivity index (χ3n) is 5.15. The van der Waals surface area contributed by atoms with Crippen LogP contribution in [0.25, 0.3) is 0 Å². The van der Waals surface area contributed by atoms with Crippen LogP contribution in [0.5, 0.6) is 0 Å². The van der Waals surface area contributed by atoms with Crippen molar-refractivity contribution in [2.45, 2.75) is 63.7 Å². The summed E-state index contributed by atoms with van der Waals surface area (Å²) in [7, 11) is 6.71. The Kier molecular flexibility index (Phi) is 4.68. The molecule has 0 aromatic heterocycles. The van der Waals surface area contributed by atoms with Gasteiger partial charge in [0, 0.05) is 30.7 Å². The Morgan fingerprint density at radius 1 is 1.17 bits per heavy atom. The van der Waals surface area contributed by atoms with Crippen molar-refractivity contribution in [3.63, 3.8) is 0 Å². The predicted octanol–water partition coefficient (Wildman–Crippen LogP) is 1.79. The second kappa shape index (κ2) is 5.89. The Morgan fingerprint density at radius 3 is 2.17 bits per heavy atom. The van der Waals surface area contributed by atoms with Gasteiger partial charge in [0.05, 0.1) is 0 Å². The lowest BCUT2D eigenvalue weighted by atomic mass is 9.96. The fraction of sp³-hybridized carbons (Fsp3) is 1.00. The average molecular weight is 253 g/mol. The van der Waals surface area contributed by atoms with Gasteiger partial charge in [0.1, 0.15) is 0 Å². The first-order valence-electron chi connectivity index (χ1n) is 7.60. The zero-order valence-corrected chi connectivity index (χ0v) is 12.8. The van der Waals surface area contributed by atoms with E-state index in [0.717, 1.165) is 30.6 Å². The van der Waals surface area contributed by atoms with Gasteiger partial charge >= 0.3 is 0 Å². The largest absolute Gasteiger partial charge is 0.312 e. The summed E-state index contributed by atoms with van der Waals surface area (Å²) >= 11 is 0. The van der Waals surface area contributed by atoms with E-state index < -0.39 is 0 Å². The summed E-state index contributed by atoms with van der Waals surface area (Å²) < 4.78 is 0. The summed E-state index contributed by atoms with van der Waals surface area (Å²) in [5.74, 6) is 0.718. The lowest BCUT2D eigenvalue weighted by Gasteiger charge is -2.38. The lowest BCUT2D eigenvalue weighted by Crippen LogP contribution is -2.51. The Labute approximate surface area is 113 Å². The predicted molar refractivity (Wildman–Crippen MR) is 77.9 cm³/mol. The molecule has 0 radical (unpaired) electrons. The van der Waals surface area contributed by atoms with E-state index in [0.29, 0.717) is 6.04 Å². The molecule has 2 saturated heterocycles. The van der Waals surface area contributed by atoms with Crippen molar-refractivity contribution in [1.82, 2.24) is 15.1 Å². The van der Waals surface area contributed by atoms with E-state index in [4.69, 9.17) is 0 Å². The van der Waals surface area contributed by atoms with Crippen LogP contribution in [0.15, 0.2) is 0 Å². The molecule has 106 valence electrons. The van der Waals surface area contributed by atoms with Crippen LogP contribution >= 0.6 is 0 Å².